The maximum atomic E-state index is 11.5. The molecule has 0 spiro atoms. The predicted molar refractivity (Wildman–Crippen MR) is 77.3 cm³/mol. The van der Waals surface area contributed by atoms with Gasteiger partial charge in [-0.2, -0.15) is 12.6 Å². The number of carbonyl (C=O) groups excluding carboxylic acids is 1. The first-order valence-corrected chi connectivity index (χ1v) is 8.67. The zero-order valence-electron chi connectivity index (χ0n) is 11.0. The van der Waals surface area contributed by atoms with Crippen molar-refractivity contribution in [3.63, 3.8) is 0 Å². The molecule has 10 heteroatoms. The zero-order valence-corrected chi connectivity index (χ0v) is 12.8. The predicted octanol–water partition coefficient (Wildman–Crippen LogP) is -1.69. The van der Waals surface area contributed by atoms with Crippen LogP contribution in [0.15, 0.2) is 0 Å². The number of amides is 1. The number of nitrogens with two attached hydrogens (primary N) is 1. The Morgan fingerprint density at radius 2 is 2.42 bits per heavy atom. The van der Waals surface area contributed by atoms with E-state index in [9.17, 15) is 14.3 Å². The van der Waals surface area contributed by atoms with Gasteiger partial charge in [-0.05, 0) is 6.42 Å². The van der Waals surface area contributed by atoms with Gasteiger partial charge in [-0.15, -0.1) is 0 Å². The van der Waals surface area contributed by atoms with Crippen molar-refractivity contribution in [2.24, 2.45) is 5.73 Å². The van der Waals surface area contributed by atoms with Gasteiger partial charge in [-0.3, -0.25) is 9.36 Å². The van der Waals surface area contributed by atoms with Gasteiger partial charge in [-0.25, -0.2) is 0 Å². The number of hydrogen-bond acceptors (Lipinski definition) is 6. The van der Waals surface area contributed by atoms with Crippen LogP contribution in [0, 0.1) is 0 Å². The fraction of sp³-hybridized carbons (Fsp3) is 0.889. The highest BCUT2D eigenvalue weighted by molar-refractivity contribution is 7.80. The summed E-state index contributed by atoms with van der Waals surface area (Å²) in [5.41, 5.74) is 5.52. The number of nitrogens with one attached hydrogen (secondary N) is 1. The Morgan fingerprint density at radius 3 is 2.95 bits per heavy atom. The van der Waals surface area contributed by atoms with Gasteiger partial charge in [0.1, 0.15) is 14.0 Å². The molecule has 1 rings (SSSR count). The third-order valence-corrected chi connectivity index (χ3v) is 3.78. The summed E-state index contributed by atoms with van der Waals surface area (Å²) in [6, 6.07) is -0.770. The first-order chi connectivity index (χ1) is 8.73. The van der Waals surface area contributed by atoms with Gasteiger partial charge in [0, 0.05) is 25.0 Å². The van der Waals surface area contributed by atoms with Gasteiger partial charge < -0.3 is 25.2 Å². The van der Waals surface area contributed by atoms with Crippen molar-refractivity contribution in [3.05, 3.63) is 0 Å². The zero-order chi connectivity index (χ0) is 14.6. The normalized spacial score (nSPS) is 31.7. The van der Waals surface area contributed by atoms with Crippen LogP contribution in [0.25, 0.3) is 0 Å². The quantitative estimate of drug-likeness (QED) is 0.265. The van der Waals surface area contributed by atoms with Crippen molar-refractivity contribution in [3.8, 4) is 0 Å². The second-order valence-electron chi connectivity index (χ2n) is 4.70. The Hall–Kier alpha value is -0.0451. The Balaban J connectivity index is 2.50. The molecule has 4 N–H and O–H groups in total. The molecule has 0 aromatic carbocycles. The van der Waals surface area contributed by atoms with Crippen molar-refractivity contribution < 1.29 is 23.5 Å². The topological polar surface area (TPSA) is 111 Å². The first kappa shape index (κ1) is 17.0. The minimum Gasteiger partial charge on any atom is -0.379 e. The summed E-state index contributed by atoms with van der Waals surface area (Å²) in [6.07, 6.45) is -0.452. The average Bonchev–Trinajstić information content (AvgIpc) is 2.62. The highest BCUT2D eigenvalue weighted by Crippen LogP contribution is 2.41. The molecule has 1 aliphatic rings. The maximum Gasteiger partial charge on any atom is 0.325 e. The molecule has 0 aliphatic carbocycles. The number of hydrogen-bond donors (Lipinski definition) is 4. The van der Waals surface area contributed by atoms with Crippen LogP contribution >= 0.6 is 20.2 Å². The second-order valence-corrected chi connectivity index (χ2v) is 6.88. The second kappa shape index (κ2) is 7.10. The molecule has 1 fully saturated rings. The number of thiol groups is 1. The molecular weight excluding hydrogens is 290 g/mol. The number of ether oxygens (including phenoxy) is 1. The van der Waals surface area contributed by atoms with Gasteiger partial charge >= 0.3 is 7.60 Å². The standard InChI is InChI=1S/C9H20BN2O5PS/c1-18(14,15)17-6-2-8(10)16-7(6)3-12-9(13)5(11)4-19/h5-8,19H,2-4,10-11H2,1H3,(H,12,13)(H,14,15). The van der Waals surface area contributed by atoms with E-state index >= 15 is 0 Å². The average molecular weight is 310 g/mol. The van der Waals surface area contributed by atoms with E-state index in [0.29, 0.717) is 6.42 Å². The van der Waals surface area contributed by atoms with Gasteiger partial charge in [0.25, 0.3) is 0 Å². The van der Waals surface area contributed by atoms with E-state index in [1.165, 1.54) is 0 Å². The van der Waals surface area contributed by atoms with E-state index in [-0.39, 0.29) is 24.2 Å². The van der Waals surface area contributed by atoms with E-state index in [1.807, 2.05) is 7.85 Å². The number of carbonyl (C=O) groups is 1. The van der Waals surface area contributed by atoms with Crippen molar-refractivity contribution in [2.75, 3.05) is 19.0 Å². The molecule has 0 radical (unpaired) electrons. The largest absolute Gasteiger partial charge is 0.379 e. The molecule has 19 heavy (non-hydrogen) atoms. The van der Waals surface area contributed by atoms with Crippen LogP contribution in [0.5, 0.6) is 0 Å². The summed E-state index contributed by atoms with van der Waals surface area (Å²) in [5.74, 6) is -0.0883. The molecule has 1 heterocycles. The molecule has 1 aliphatic heterocycles. The summed E-state index contributed by atoms with van der Waals surface area (Å²) in [5, 5.41) is 2.62. The Morgan fingerprint density at radius 1 is 1.79 bits per heavy atom. The lowest BCUT2D eigenvalue weighted by molar-refractivity contribution is -0.122. The lowest BCUT2D eigenvalue weighted by atomic mass is 9.96. The summed E-state index contributed by atoms with van der Waals surface area (Å²) in [6.45, 7) is 1.32. The SMILES string of the molecule is BC1CC(OP(C)(=O)O)C(CNC(=O)C(N)CS)O1. The van der Waals surface area contributed by atoms with Crippen LogP contribution in [0.1, 0.15) is 6.42 Å². The fourth-order valence-corrected chi connectivity index (χ4v) is 2.77. The lowest BCUT2D eigenvalue weighted by Gasteiger charge is -2.21. The van der Waals surface area contributed by atoms with E-state index in [0.717, 1.165) is 6.66 Å². The summed E-state index contributed by atoms with van der Waals surface area (Å²) in [7, 11) is -1.74. The molecule has 0 saturated carbocycles. The first-order valence-electron chi connectivity index (χ1n) is 6.01. The molecular formula is C9H20BN2O5PS. The smallest absolute Gasteiger partial charge is 0.325 e. The van der Waals surface area contributed by atoms with E-state index in [1.54, 1.807) is 0 Å². The van der Waals surface area contributed by atoms with Crippen molar-refractivity contribution in [1.82, 2.24) is 5.32 Å². The molecule has 110 valence electrons. The Labute approximate surface area is 118 Å². The van der Waals surface area contributed by atoms with Gasteiger partial charge in [0.15, 0.2) is 0 Å². The summed E-state index contributed by atoms with van der Waals surface area (Å²) < 4.78 is 21.9. The summed E-state index contributed by atoms with van der Waals surface area (Å²) in [4.78, 5) is 20.8. The van der Waals surface area contributed by atoms with Crippen LogP contribution in [-0.4, -0.2) is 61.9 Å². The van der Waals surface area contributed by atoms with E-state index in [4.69, 9.17) is 15.0 Å². The maximum absolute atomic E-state index is 11.5. The van der Waals surface area contributed by atoms with Crippen molar-refractivity contribution in [2.45, 2.75) is 30.7 Å². The third-order valence-electron chi connectivity index (χ3n) is 2.73. The van der Waals surface area contributed by atoms with Crippen LogP contribution in [0.3, 0.4) is 0 Å². The molecule has 5 atom stereocenters. The minimum atomic E-state index is -3.58. The lowest BCUT2D eigenvalue weighted by Crippen LogP contribution is -2.46. The molecule has 0 aromatic heterocycles. The Bertz CT molecular complexity index is 369. The monoisotopic (exact) mass is 310 g/mol. The van der Waals surface area contributed by atoms with E-state index in [2.05, 4.69) is 17.9 Å². The number of rotatable bonds is 6. The molecule has 1 saturated heterocycles. The van der Waals surface area contributed by atoms with Crippen molar-refractivity contribution >= 4 is 34.0 Å². The van der Waals surface area contributed by atoms with Crippen LogP contribution < -0.4 is 11.1 Å². The van der Waals surface area contributed by atoms with Gasteiger partial charge in [0.05, 0.1) is 12.1 Å². The third kappa shape index (κ3) is 5.85. The van der Waals surface area contributed by atoms with Gasteiger partial charge in [-0.1, -0.05) is 0 Å². The minimum absolute atomic E-state index is 0.0861. The van der Waals surface area contributed by atoms with Gasteiger partial charge in [0.2, 0.25) is 5.91 Å². The molecule has 0 aromatic rings. The molecule has 0 bridgehead atoms. The van der Waals surface area contributed by atoms with E-state index < -0.39 is 25.8 Å². The fourth-order valence-electron chi connectivity index (χ4n) is 1.88. The molecule has 5 unspecified atom stereocenters. The van der Waals surface area contributed by atoms with Crippen LogP contribution in [0.4, 0.5) is 0 Å². The summed E-state index contributed by atoms with van der Waals surface area (Å²) >= 11 is 3.93. The van der Waals surface area contributed by atoms with Crippen LogP contribution in [0.2, 0.25) is 0 Å². The molecule has 7 nitrogen and oxygen atoms in total. The van der Waals surface area contributed by atoms with Crippen LogP contribution in [-0.2, 0) is 18.6 Å². The highest BCUT2D eigenvalue weighted by atomic mass is 32.1. The Kier molecular flexibility index (Phi) is 6.36. The molecule has 1 amide bonds. The highest BCUT2D eigenvalue weighted by Gasteiger charge is 2.37. The van der Waals surface area contributed by atoms with Crippen molar-refractivity contribution in [1.29, 1.82) is 0 Å².